The van der Waals surface area contributed by atoms with Crippen LogP contribution in [0.2, 0.25) is 0 Å². The number of nitrogens with zero attached hydrogens (tertiary/aromatic N) is 6. The van der Waals surface area contributed by atoms with E-state index >= 15 is 0 Å². The third-order valence-electron chi connectivity index (χ3n) is 0. The summed E-state index contributed by atoms with van der Waals surface area (Å²) in [6.07, 6.45) is 0. The largest absolute Gasteiger partial charge is 1.00 e. The van der Waals surface area contributed by atoms with Crippen molar-refractivity contribution in [1.82, 2.24) is 0 Å². The van der Waals surface area contributed by atoms with Crippen molar-refractivity contribution in [1.29, 1.82) is 31.6 Å². The molecule has 80 valence electrons. The van der Waals surface area contributed by atoms with Gasteiger partial charge in [-0.15, -0.1) is 0 Å². The van der Waals surface area contributed by atoms with E-state index in [0.29, 0.717) is 0 Å². The van der Waals surface area contributed by atoms with E-state index in [9.17, 15) is 0 Å². The van der Waals surface area contributed by atoms with E-state index in [1.807, 2.05) is 0 Å². The van der Waals surface area contributed by atoms with Crippen molar-refractivity contribution in [3.05, 3.63) is 39.4 Å². The molecule has 0 aromatic heterocycles. The Bertz CT molecular complexity index is 109. The summed E-state index contributed by atoms with van der Waals surface area (Å²) in [6, 6.07) is 0. The zero-order chi connectivity index (χ0) is 12.0. The van der Waals surface area contributed by atoms with Crippen molar-refractivity contribution in [2.45, 2.75) is 0 Å². The normalized spacial score (nSPS) is 0.667. The third-order valence-corrected chi connectivity index (χ3v) is 0. The van der Waals surface area contributed by atoms with E-state index in [0.717, 1.165) is 0 Å². The summed E-state index contributed by atoms with van der Waals surface area (Å²) in [5.41, 5.74) is 0. The Kier molecular flexibility index (Phi) is 2360. The second kappa shape index (κ2) is 450. The minimum Gasteiger partial charge on any atom is -0.512 e. The second-order valence-corrected chi connectivity index (χ2v) is 0. The fourth-order valence-corrected chi connectivity index (χ4v) is 0. The van der Waals surface area contributed by atoms with Crippen LogP contribution in [0.5, 0.6) is 0 Å². The van der Waals surface area contributed by atoms with Crippen LogP contribution in [0.4, 0.5) is 0 Å². The van der Waals surface area contributed by atoms with Crippen LogP contribution in [0.1, 0.15) is 0 Å². The van der Waals surface area contributed by atoms with Crippen molar-refractivity contribution in [2.24, 2.45) is 0 Å². The van der Waals surface area contributed by atoms with Gasteiger partial charge in [0, 0.05) is 33.0 Å². The van der Waals surface area contributed by atoms with Gasteiger partial charge < -0.3 is 71.0 Å². The molecule has 0 bridgehead atoms. The van der Waals surface area contributed by atoms with Crippen LogP contribution in [0.3, 0.4) is 0 Å². The molecule has 18 heavy (non-hydrogen) atoms. The van der Waals surface area contributed by atoms with Crippen LogP contribution in [0.15, 0.2) is 0 Å². The molecular formula is C6K4N6Ni2-2. The Morgan fingerprint density at radius 2 is 0.278 bits per heavy atom. The van der Waals surface area contributed by atoms with Gasteiger partial charge in [0.25, 0.3) is 0 Å². The summed E-state index contributed by atoms with van der Waals surface area (Å²) in [7, 11) is 0. The molecular weight excluding hydrogens is 430 g/mol. The fraction of sp³-hybridized carbons (Fsp3) is 0. The van der Waals surface area contributed by atoms with E-state index in [1.165, 1.54) is 0 Å². The first-order chi connectivity index (χ1) is 6.00. The quantitative estimate of drug-likeness (QED) is 0.276. The van der Waals surface area contributed by atoms with Crippen LogP contribution in [-0.4, -0.2) is 0 Å². The van der Waals surface area contributed by atoms with Crippen LogP contribution in [0, 0.1) is 71.0 Å². The zero-order valence-corrected chi connectivity index (χ0v) is 24.8. The molecule has 6 nitrogen and oxygen atoms in total. The first-order valence-electron chi connectivity index (χ1n) is 1.34. The molecule has 0 atom stereocenters. The van der Waals surface area contributed by atoms with Gasteiger partial charge in [0.05, 0.1) is 0 Å². The topological polar surface area (TPSA) is 143 Å². The van der Waals surface area contributed by atoms with Crippen LogP contribution in [0.25, 0.3) is 0 Å². The first-order valence-corrected chi connectivity index (χ1v) is 1.34. The van der Waals surface area contributed by atoms with Gasteiger partial charge in [0.15, 0.2) is 0 Å². The van der Waals surface area contributed by atoms with Gasteiger partial charge in [-0.3, -0.25) is 0 Å². The Morgan fingerprint density at radius 1 is 0.278 bits per heavy atom. The standard InChI is InChI=1S/6CN.4K.2Ni/c6*1-2;;;;;;/q6*-1;4*+1;;. The van der Waals surface area contributed by atoms with Gasteiger partial charge in [-0.05, 0) is 0 Å². The van der Waals surface area contributed by atoms with Crippen molar-refractivity contribution in [3.63, 3.8) is 0 Å². The third kappa shape index (κ3) is 388. The van der Waals surface area contributed by atoms with Crippen LogP contribution < -0.4 is 206 Å². The maximum absolute atomic E-state index is 6.25. The molecule has 0 aromatic carbocycles. The van der Waals surface area contributed by atoms with Crippen LogP contribution >= 0.6 is 0 Å². The van der Waals surface area contributed by atoms with E-state index in [2.05, 4.69) is 0 Å². The second-order valence-electron chi connectivity index (χ2n) is 0. The molecule has 0 amide bonds. The van der Waals surface area contributed by atoms with Crippen molar-refractivity contribution >= 4 is 0 Å². The molecule has 0 saturated heterocycles. The molecule has 0 heterocycles. The predicted molar refractivity (Wildman–Crippen MR) is 29.8 cm³/mol. The smallest absolute Gasteiger partial charge is 0.512 e. The summed E-state index contributed by atoms with van der Waals surface area (Å²) >= 11 is 0. The molecule has 0 N–H and O–H groups in total. The Labute approximate surface area is 300 Å². The van der Waals surface area contributed by atoms with Crippen molar-refractivity contribution in [2.75, 3.05) is 0 Å². The van der Waals surface area contributed by atoms with Gasteiger partial charge in [0.2, 0.25) is 0 Å². The maximum atomic E-state index is 6.25. The predicted octanol–water partition coefficient (Wildman–Crippen LogP) is -11.4. The zero-order valence-electron chi connectivity index (χ0n) is 10.3. The summed E-state index contributed by atoms with van der Waals surface area (Å²) in [4.78, 5) is 0. The molecule has 0 saturated carbocycles. The molecule has 0 rings (SSSR count). The number of hydrogen-bond donors (Lipinski definition) is 0. The number of hydrogen-bond acceptors (Lipinski definition) is 6. The molecule has 0 unspecified atom stereocenters. The number of rotatable bonds is 0. The van der Waals surface area contributed by atoms with Gasteiger partial charge in [-0.1, -0.05) is 0 Å². The summed E-state index contributed by atoms with van der Waals surface area (Å²) in [5.74, 6) is 0. The van der Waals surface area contributed by atoms with Gasteiger partial charge in [-0.2, -0.15) is 0 Å². The van der Waals surface area contributed by atoms with E-state index in [1.54, 1.807) is 0 Å². The molecule has 0 fully saturated rings. The monoisotopic (exact) mass is 428 g/mol. The molecule has 0 aliphatic heterocycles. The van der Waals surface area contributed by atoms with E-state index in [-0.39, 0.29) is 239 Å². The molecule has 0 spiro atoms. The molecule has 0 radical (unpaired) electrons. The summed E-state index contributed by atoms with van der Waals surface area (Å²) in [5, 5.41) is 37.5. The Morgan fingerprint density at radius 3 is 0.278 bits per heavy atom. The fourth-order valence-electron chi connectivity index (χ4n) is 0. The van der Waals surface area contributed by atoms with E-state index in [4.69, 9.17) is 71.0 Å². The molecule has 12 heteroatoms. The van der Waals surface area contributed by atoms with Gasteiger partial charge in [0.1, 0.15) is 0 Å². The molecule has 0 aliphatic carbocycles. The minimum absolute atomic E-state index is 0. The van der Waals surface area contributed by atoms with Crippen molar-refractivity contribution < 1.29 is 239 Å². The molecule has 0 aromatic rings. The first kappa shape index (κ1) is 94.5. The SMILES string of the molecule is [C-]#N.[C-]#N.[C-]#N.[C-]#N.[C-]#N.[C-]#N.[K+].[K+].[K+].[K+].[Ni].[Ni]. The maximum Gasteiger partial charge on any atom is 1.00 e. The van der Waals surface area contributed by atoms with E-state index < -0.39 is 0 Å². The molecule has 0 aliphatic rings. The van der Waals surface area contributed by atoms with Gasteiger partial charge >= 0.3 is 206 Å². The van der Waals surface area contributed by atoms with Gasteiger partial charge in [-0.25, -0.2) is 0 Å². The summed E-state index contributed by atoms with van der Waals surface area (Å²) < 4.78 is 0. The average Bonchev–Trinajstić information content (AvgIpc) is 2.33. The Hall–Kier alpha value is 4.47. The minimum atomic E-state index is 0. The van der Waals surface area contributed by atoms with Crippen molar-refractivity contribution in [3.8, 4) is 0 Å². The van der Waals surface area contributed by atoms with Crippen LogP contribution in [-0.2, 0) is 33.0 Å². The Balaban J connectivity index is -0.00000000225. The summed E-state index contributed by atoms with van der Waals surface area (Å²) in [6.45, 7) is 28.5. The average molecular weight is 430 g/mol.